The Balaban J connectivity index is 1.87. The van der Waals surface area contributed by atoms with Crippen LogP contribution < -0.4 is 0 Å². The first-order chi connectivity index (χ1) is 11.8. The third-order valence-corrected chi connectivity index (χ3v) is 6.92. The van der Waals surface area contributed by atoms with Crippen molar-refractivity contribution in [3.8, 4) is 0 Å². The van der Waals surface area contributed by atoms with E-state index in [0.29, 0.717) is 30.2 Å². The van der Waals surface area contributed by atoms with Crippen molar-refractivity contribution in [2.24, 2.45) is 0 Å². The van der Waals surface area contributed by atoms with Gasteiger partial charge in [-0.3, -0.25) is 9.69 Å². The highest BCUT2D eigenvalue weighted by Crippen LogP contribution is 2.29. The number of carbonyl (C=O) groups excluding carboxylic acids is 1. The van der Waals surface area contributed by atoms with Crippen LogP contribution in [-0.2, 0) is 9.84 Å². The Kier molecular flexibility index (Phi) is 5.23. The number of carbonyl (C=O) groups is 1. The number of hydrogen-bond acceptors (Lipinski definition) is 4. The zero-order valence-corrected chi connectivity index (χ0v) is 16.1. The van der Waals surface area contributed by atoms with E-state index in [-0.39, 0.29) is 29.5 Å². The number of amides is 1. The number of hydrogen-bond donors (Lipinski definition) is 0. The van der Waals surface area contributed by atoms with E-state index in [1.165, 1.54) is 5.57 Å². The lowest BCUT2D eigenvalue weighted by Gasteiger charge is -2.43. The van der Waals surface area contributed by atoms with Crippen molar-refractivity contribution < 1.29 is 13.2 Å². The molecule has 0 bridgehead atoms. The molecule has 25 heavy (non-hydrogen) atoms. The summed E-state index contributed by atoms with van der Waals surface area (Å²) in [5.41, 5.74) is 1.64. The lowest BCUT2D eigenvalue weighted by atomic mass is 10.0. The molecule has 0 saturated carbocycles. The van der Waals surface area contributed by atoms with Crippen LogP contribution in [0.15, 0.2) is 35.9 Å². The fraction of sp³-hybridized carbons (Fsp3) is 0.500. The first-order valence-corrected chi connectivity index (χ1v) is 10.6. The van der Waals surface area contributed by atoms with E-state index >= 15 is 0 Å². The van der Waals surface area contributed by atoms with E-state index < -0.39 is 9.84 Å². The zero-order chi connectivity index (χ0) is 18.2. The van der Waals surface area contributed by atoms with Crippen molar-refractivity contribution in [2.45, 2.75) is 25.9 Å². The molecular formula is C18H23ClN2O3S. The van der Waals surface area contributed by atoms with Crippen molar-refractivity contribution in [1.82, 2.24) is 9.80 Å². The summed E-state index contributed by atoms with van der Waals surface area (Å²) in [5, 5.41) is 0.400. The minimum atomic E-state index is -3.15. The first kappa shape index (κ1) is 18.4. The second-order valence-electron chi connectivity index (χ2n) is 6.97. The Bertz CT molecular complexity index is 802. The summed E-state index contributed by atoms with van der Waals surface area (Å²) in [6, 6.07) is 6.46. The number of halogens is 1. The van der Waals surface area contributed by atoms with Crippen LogP contribution in [0.3, 0.4) is 0 Å². The molecule has 0 aromatic heterocycles. The second-order valence-corrected chi connectivity index (χ2v) is 9.53. The molecule has 2 aliphatic rings. The normalized spacial score (nSPS) is 25.5. The Morgan fingerprint density at radius 1 is 1.20 bits per heavy atom. The summed E-state index contributed by atoms with van der Waals surface area (Å²) in [6.45, 7) is 5.95. The van der Waals surface area contributed by atoms with Crippen LogP contribution >= 0.6 is 11.6 Å². The van der Waals surface area contributed by atoms with E-state index in [0.717, 1.165) is 0 Å². The molecule has 2 atom stereocenters. The Hall–Kier alpha value is -1.37. The molecule has 1 aromatic rings. The van der Waals surface area contributed by atoms with Gasteiger partial charge in [0.25, 0.3) is 5.91 Å². The number of allylic oxidation sites excluding steroid dienone is 1. The van der Waals surface area contributed by atoms with Gasteiger partial charge in [-0.2, -0.15) is 0 Å². The molecule has 2 saturated heterocycles. The molecule has 7 heteroatoms. The fourth-order valence-corrected chi connectivity index (χ4v) is 5.82. The van der Waals surface area contributed by atoms with E-state index in [1.807, 2.05) is 13.8 Å². The highest BCUT2D eigenvalue weighted by atomic mass is 35.5. The average molecular weight is 383 g/mol. The SMILES string of the molecule is CC(C)=CCN1CCN(C(=O)c2ccccc2Cl)[C@H]2CS(=O)(=O)C[C@H]21. The van der Waals surface area contributed by atoms with Crippen LogP contribution in [0, 0.1) is 0 Å². The molecular weight excluding hydrogens is 360 g/mol. The zero-order valence-electron chi connectivity index (χ0n) is 14.5. The lowest BCUT2D eigenvalue weighted by Crippen LogP contribution is -2.60. The van der Waals surface area contributed by atoms with Crippen LogP contribution in [0.5, 0.6) is 0 Å². The van der Waals surface area contributed by atoms with Gasteiger partial charge < -0.3 is 4.90 Å². The molecule has 1 amide bonds. The number of benzene rings is 1. The van der Waals surface area contributed by atoms with E-state index in [9.17, 15) is 13.2 Å². The predicted molar refractivity (Wildman–Crippen MR) is 99.7 cm³/mol. The van der Waals surface area contributed by atoms with E-state index in [2.05, 4.69) is 11.0 Å². The summed E-state index contributed by atoms with van der Waals surface area (Å²) in [4.78, 5) is 16.8. The second kappa shape index (κ2) is 7.09. The molecule has 2 heterocycles. The van der Waals surface area contributed by atoms with Gasteiger partial charge in [0.15, 0.2) is 9.84 Å². The number of sulfone groups is 1. The molecule has 0 aliphatic carbocycles. The van der Waals surface area contributed by atoms with Gasteiger partial charge in [-0.25, -0.2) is 8.42 Å². The third kappa shape index (κ3) is 3.91. The quantitative estimate of drug-likeness (QED) is 0.752. The Morgan fingerprint density at radius 2 is 1.88 bits per heavy atom. The smallest absolute Gasteiger partial charge is 0.255 e. The van der Waals surface area contributed by atoms with Crippen molar-refractivity contribution in [2.75, 3.05) is 31.1 Å². The molecule has 0 spiro atoms. The van der Waals surface area contributed by atoms with E-state index in [4.69, 9.17) is 11.6 Å². The van der Waals surface area contributed by atoms with Crippen molar-refractivity contribution >= 4 is 27.3 Å². The Labute approximate surface area is 154 Å². The summed E-state index contributed by atoms with van der Waals surface area (Å²) in [6.07, 6.45) is 2.10. The maximum Gasteiger partial charge on any atom is 0.255 e. The average Bonchev–Trinajstić information content (AvgIpc) is 2.87. The fourth-order valence-electron chi connectivity index (χ4n) is 3.59. The molecule has 0 N–H and O–H groups in total. The third-order valence-electron chi connectivity index (χ3n) is 4.89. The Morgan fingerprint density at radius 3 is 2.56 bits per heavy atom. The number of nitrogens with zero attached hydrogens (tertiary/aromatic N) is 2. The van der Waals surface area contributed by atoms with Crippen LogP contribution in [0.4, 0.5) is 0 Å². The largest absolute Gasteiger partial charge is 0.332 e. The molecule has 5 nitrogen and oxygen atoms in total. The summed E-state index contributed by atoms with van der Waals surface area (Å²) < 4.78 is 24.5. The summed E-state index contributed by atoms with van der Waals surface area (Å²) >= 11 is 6.17. The van der Waals surface area contributed by atoms with Gasteiger partial charge in [0.05, 0.1) is 28.1 Å². The van der Waals surface area contributed by atoms with Gasteiger partial charge in [-0.1, -0.05) is 35.4 Å². The summed E-state index contributed by atoms with van der Waals surface area (Å²) in [5.74, 6) is -0.0423. The molecule has 2 aliphatic heterocycles. The topological polar surface area (TPSA) is 57.7 Å². The molecule has 136 valence electrons. The lowest BCUT2D eigenvalue weighted by molar-refractivity contribution is 0.0368. The number of rotatable bonds is 3. The minimum absolute atomic E-state index is 0.0270. The van der Waals surface area contributed by atoms with Crippen LogP contribution in [-0.4, -0.2) is 67.3 Å². The minimum Gasteiger partial charge on any atom is -0.332 e. The van der Waals surface area contributed by atoms with Gasteiger partial charge in [0.1, 0.15) is 0 Å². The maximum atomic E-state index is 13.0. The molecule has 1 aromatic carbocycles. The predicted octanol–water partition coefficient (Wildman–Crippen LogP) is 2.23. The van der Waals surface area contributed by atoms with Crippen LogP contribution in [0.25, 0.3) is 0 Å². The maximum absolute atomic E-state index is 13.0. The highest BCUT2D eigenvalue weighted by Gasteiger charge is 2.47. The van der Waals surface area contributed by atoms with Gasteiger partial charge in [-0.05, 0) is 26.0 Å². The summed E-state index contributed by atoms with van der Waals surface area (Å²) in [7, 11) is -3.15. The van der Waals surface area contributed by atoms with Crippen molar-refractivity contribution in [1.29, 1.82) is 0 Å². The van der Waals surface area contributed by atoms with Crippen LogP contribution in [0.1, 0.15) is 24.2 Å². The first-order valence-electron chi connectivity index (χ1n) is 8.42. The van der Waals surface area contributed by atoms with Gasteiger partial charge in [0.2, 0.25) is 0 Å². The molecule has 3 rings (SSSR count). The standard InChI is InChI=1S/C18H23ClN2O3S/c1-13(2)7-8-20-9-10-21(17-12-25(23,24)11-16(17)20)18(22)14-5-3-4-6-15(14)19/h3-7,16-17H,8-12H2,1-2H3/t16-,17+/m1/s1. The van der Waals surface area contributed by atoms with Crippen molar-refractivity contribution in [3.63, 3.8) is 0 Å². The van der Waals surface area contributed by atoms with Gasteiger partial charge in [0, 0.05) is 25.7 Å². The molecule has 2 fully saturated rings. The van der Waals surface area contributed by atoms with Gasteiger partial charge in [-0.15, -0.1) is 0 Å². The van der Waals surface area contributed by atoms with E-state index in [1.54, 1.807) is 29.2 Å². The molecule has 0 radical (unpaired) electrons. The van der Waals surface area contributed by atoms with Crippen molar-refractivity contribution in [3.05, 3.63) is 46.5 Å². The van der Waals surface area contributed by atoms with Gasteiger partial charge >= 0.3 is 0 Å². The number of fused-ring (bicyclic) bond motifs is 1. The number of piperazine rings is 1. The molecule has 0 unspecified atom stereocenters. The highest BCUT2D eigenvalue weighted by molar-refractivity contribution is 7.91. The van der Waals surface area contributed by atoms with Crippen LogP contribution in [0.2, 0.25) is 5.02 Å². The monoisotopic (exact) mass is 382 g/mol.